The fourth-order valence-corrected chi connectivity index (χ4v) is 4.29. The molecule has 1 atom stereocenters. The lowest BCUT2D eigenvalue weighted by atomic mass is 10.00. The van der Waals surface area contributed by atoms with E-state index in [0.29, 0.717) is 18.1 Å². The molecule has 32 heavy (non-hydrogen) atoms. The molecule has 0 radical (unpaired) electrons. The van der Waals surface area contributed by atoms with E-state index in [1.165, 1.54) is 4.57 Å². The average molecular weight is 433 g/mol. The van der Waals surface area contributed by atoms with E-state index in [0.717, 1.165) is 35.4 Å². The summed E-state index contributed by atoms with van der Waals surface area (Å²) in [5, 5.41) is 0. The second-order valence-corrected chi connectivity index (χ2v) is 8.46. The lowest BCUT2D eigenvalue weighted by Crippen LogP contribution is -2.37. The van der Waals surface area contributed by atoms with Crippen LogP contribution in [0, 0.1) is 13.8 Å². The van der Waals surface area contributed by atoms with Crippen LogP contribution in [0.1, 0.15) is 46.2 Å². The van der Waals surface area contributed by atoms with Gasteiger partial charge in [-0.1, -0.05) is 0 Å². The molecule has 1 aliphatic rings. The largest absolute Gasteiger partial charge is 0.347 e. The summed E-state index contributed by atoms with van der Waals surface area (Å²) >= 11 is 0. The van der Waals surface area contributed by atoms with E-state index in [1.54, 1.807) is 24.3 Å². The first-order valence-corrected chi connectivity index (χ1v) is 10.7. The zero-order valence-corrected chi connectivity index (χ0v) is 19.2. The van der Waals surface area contributed by atoms with Crippen molar-refractivity contribution in [2.45, 2.75) is 32.7 Å². The van der Waals surface area contributed by atoms with Gasteiger partial charge in [0.2, 0.25) is 5.95 Å². The van der Waals surface area contributed by atoms with Crippen LogP contribution in [0.5, 0.6) is 0 Å². The number of aromatic nitrogens is 4. The molecule has 3 aromatic rings. The molecule has 166 valence electrons. The van der Waals surface area contributed by atoms with Gasteiger partial charge in [-0.15, -0.1) is 0 Å². The minimum absolute atomic E-state index is 0.234. The highest BCUT2D eigenvalue weighted by Crippen LogP contribution is 2.37. The summed E-state index contributed by atoms with van der Waals surface area (Å²) in [6.07, 6.45) is 6.90. The summed E-state index contributed by atoms with van der Waals surface area (Å²) in [5.74, 6) is 0.343. The van der Waals surface area contributed by atoms with Gasteiger partial charge in [0.1, 0.15) is 5.56 Å². The Morgan fingerprint density at radius 1 is 1.19 bits per heavy atom. The molecule has 1 fully saturated rings. The molecule has 0 unspecified atom stereocenters. The second kappa shape index (κ2) is 8.53. The number of hydrogen-bond acceptors (Lipinski definition) is 6. The number of pyridine rings is 2. The summed E-state index contributed by atoms with van der Waals surface area (Å²) < 4.78 is 1.53. The first-order chi connectivity index (χ1) is 15.3. The van der Waals surface area contributed by atoms with Gasteiger partial charge in [0.15, 0.2) is 0 Å². The SMILES string of the molecule is Cc1cc(C)n(C)c(=O)c1C(=O)N1CCC[C@H]1c1nc(N(C)C)ncc1-c1ccncc1. The van der Waals surface area contributed by atoms with Gasteiger partial charge < -0.3 is 14.4 Å². The summed E-state index contributed by atoms with van der Waals surface area (Å²) in [7, 11) is 5.48. The third kappa shape index (κ3) is 3.77. The molecule has 0 aliphatic carbocycles. The van der Waals surface area contributed by atoms with Crippen molar-refractivity contribution in [1.82, 2.24) is 24.4 Å². The zero-order chi connectivity index (χ0) is 23.0. The summed E-state index contributed by atoms with van der Waals surface area (Å²) in [5.41, 5.74) is 4.11. The van der Waals surface area contributed by atoms with Crippen LogP contribution in [-0.4, -0.2) is 51.0 Å². The lowest BCUT2D eigenvalue weighted by Gasteiger charge is -2.27. The van der Waals surface area contributed by atoms with Crippen molar-refractivity contribution in [3.8, 4) is 11.1 Å². The van der Waals surface area contributed by atoms with E-state index in [9.17, 15) is 9.59 Å². The number of carbonyl (C=O) groups excluding carboxylic acids is 1. The minimum Gasteiger partial charge on any atom is -0.347 e. The lowest BCUT2D eigenvalue weighted by molar-refractivity contribution is 0.0730. The highest BCUT2D eigenvalue weighted by atomic mass is 16.2. The predicted molar refractivity (Wildman–Crippen MR) is 124 cm³/mol. The average Bonchev–Trinajstić information content (AvgIpc) is 3.27. The summed E-state index contributed by atoms with van der Waals surface area (Å²) in [6.45, 7) is 4.27. The standard InChI is InChI=1S/C24H28N6O2/c1-15-13-16(2)29(5)22(31)20(15)23(32)30-12-6-7-19(30)21-18(17-8-10-25-11-9-17)14-26-24(27-21)28(3)4/h8-11,13-14,19H,6-7,12H2,1-5H3/t19-/m0/s1. The number of anilines is 1. The van der Waals surface area contributed by atoms with Crippen LogP contribution < -0.4 is 10.5 Å². The van der Waals surface area contributed by atoms with Gasteiger partial charge >= 0.3 is 0 Å². The van der Waals surface area contributed by atoms with Crippen molar-refractivity contribution in [1.29, 1.82) is 0 Å². The van der Waals surface area contributed by atoms with E-state index in [2.05, 4.69) is 9.97 Å². The Bertz CT molecular complexity index is 1220. The topological polar surface area (TPSA) is 84.2 Å². The van der Waals surface area contributed by atoms with Crippen LogP contribution in [0.25, 0.3) is 11.1 Å². The molecule has 1 amide bonds. The molecule has 4 heterocycles. The number of nitrogens with zero attached hydrogens (tertiary/aromatic N) is 6. The van der Waals surface area contributed by atoms with E-state index in [4.69, 9.17) is 4.98 Å². The quantitative estimate of drug-likeness (QED) is 0.630. The maximum absolute atomic E-state index is 13.7. The van der Waals surface area contributed by atoms with Crippen molar-refractivity contribution in [2.75, 3.05) is 25.5 Å². The third-order valence-electron chi connectivity index (χ3n) is 6.11. The molecule has 1 aliphatic heterocycles. The molecule has 0 bridgehead atoms. The zero-order valence-electron chi connectivity index (χ0n) is 19.2. The van der Waals surface area contributed by atoms with Crippen LogP contribution >= 0.6 is 0 Å². The number of carbonyl (C=O) groups is 1. The van der Waals surface area contributed by atoms with Gasteiger partial charge in [-0.25, -0.2) is 9.97 Å². The number of hydrogen-bond donors (Lipinski definition) is 0. The van der Waals surface area contributed by atoms with Crippen LogP contribution in [0.15, 0.2) is 41.6 Å². The first-order valence-electron chi connectivity index (χ1n) is 10.7. The molecule has 1 saturated heterocycles. The Morgan fingerprint density at radius 2 is 1.91 bits per heavy atom. The van der Waals surface area contributed by atoms with Crippen molar-refractivity contribution in [3.63, 3.8) is 0 Å². The minimum atomic E-state index is -0.260. The molecular weight excluding hydrogens is 404 g/mol. The number of likely N-dealkylation sites (tertiary alicyclic amines) is 1. The Kier molecular flexibility index (Phi) is 5.78. The van der Waals surface area contributed by atoms with Crippen LogP contribution in [0.2, 0.25) is 0 Å². The maximum atomic E-state index is 13.7. The van der Waals surface area contributed by atoms with Crippen LogP contribution in [0.4, 0.5) is 5.95 Å². The second-order valence-electron chi connectivity index (χ2n) is 8.46. The van der Waals surface area contributed by atoms with E-state index in [-0.39, 0.29) is 23.1 Å². The van der Waals surface area contributed by atoms with E-state index in [1.807, 2.05) is 57.2 Å². The van der Waals surface area contributed by atoms with Crippen LogP contribution in [-0.2, 0) is 7.05 Å². The Balaban J connectivity index is 1.82. The Morgan fingerprint density at radius 3 is 2.59 bits per heavy atom. The molecular formula is C24H28N6O2. The molecule has 0 saturated carbocycles. The maximum Gasteiger partial charge on any atom is 0.263 e. The molecule has 0 N–H and O–H groups in total. The fraction of sp³-hybridized carbons (Fsp3) is 0.375. The number of amides is 1. The highest BCUT2D eigenvalue weighted by molar-refractivity contribution is 5.96. The fourth-order valence-electron chi connectivity index (χ4n) is 4.29. The number of aryl methyl sites for hydroxylation is 2. The molecule has 0 spiro atoms. The van der Waals surface area contributed by atoms with Gasteiger partial charge in [0, 0.05) is 57.5 Å². The van der Waals surface area contributed by atoms with E-state index >= 15 is 0 Å². The molecule has 3 aromatic heterocycles. The molecule has 0 aromatic carbocycles. The summed E-state index contributed by atoms with van der Waals surface area (Å²) in [6, 6.07) is 5.48. The molecule has 4 rings (SSSR count). The third-order valence-corrected chi connectivity index (χ3v) is 6.11. The normalized spacial score (nSPS) is 15.8. The summed E-state index contributed by atoms with van der Waals surface area (Å²) in [4.78, 5) is 43.7. The molecule has 8 nitrogen and oxygen atoms in total. The smallest absolute Gasteiger partial charge is 0.263 e. The van der Waals surface area contributed by atoms with Gasteiger partial charge in [-0.2, -0.15) is 0 Å². The Hall–Kier alpha value is -3.55. The van der Waals surface area contributed by atoms with Crippen LogP contribution in [0.3, 0.4) is 0 Å². The first kappa shape index (κ1) is 21.7. The van der Waals surface area contributed by atoms with Gasteiger partial charge in [-0.05, 0) is 56.0 Å². The van der Waals surface area contributed by atoms with Gasteiger partial charge in [-0.3, -0.25) is 14.6 Å². The van der Waals surface area contributed by atoms with Crippen molar-refractivity contribution >= 4 is 11.9 Å². The van der Waals surface area contributed by atoms with Crippen molar-refractivity contribution in [2.24, 2.45) is 7.05 Å². The van der Waals surface area contributed by atoms with Gasteiger partial charge in [0.05, 0.1) is 11.7 Å². The predicted octanol–water partition coefficient (Wildman–Crippen LogP) is 2.90. The van der Waals surface area contributed by atoms with Crippen molar-refractivity contribution < 1.29 is 4.79 Å². The van der Waals surface area contributed by atoms with E-state index < -0.39 is 0 Å². The van der Waals surface area contributed by atoms with Gasteiger partial charge in [0.25, 0.3) is 11.5 Å². The van der Waals surface area contributed by atoms with Crippen molar-refractivity contribution in [3.05, 3.63) is 69.7 Å². The molecule has 8 heteroatoms. The number of rotatable bonds is 4. The highest BCUT2D eigenvalue weighted by Gasteiger charge is 2.35. The monoisotopic (exact) mass is 432 g/mol. The Labute approximate surface area is 187 Å².